The number of anilines is 3. The zero-order chi connectivity index (χ0) is 48.3. The first-order valence-electron chi connectivity index (χ1n) is 22.0. The second-order valence-electron chi connectivity index (χ2n) is 17.1. The van der Waals surface area contributed by atoms with E-state index in [4.69, 9.17) is 0 Å². The predicted octanol–water partition coefficient (Wildman–Crippen LogP) is 17.5. The van der Waals surface area contributed by atoms with E-state index in [1.165, 1.54) is 36.4 Å². The zero-order valence-electron chi connectivity index (χ0n) is 36.2. The van der Waals surface area contributed by atoms with Crippen LogP contribution in [0.3, 0.4) is 0 Å². The Hall–Kier alpha value is -8.45. The molecule has 0 amide bonds. The van der Waals surface area contributed by atoms with Crippen molar-refractivity contribution in [3.05, 3.63) is 217 Å². The minimum absolute atomic E-state index is 0.550. The van der Waals surface area contributed by atoms with Crippen LogP contribution in [0.15, 0.2) is 200 Å². The molecule has 0 atom stereocenters. The van der Waals surface area contributed by atoms with Crippen LogP contribution in [-0.2, 0) is 18.5 Å². The Kier molecular flexibility index (Phi) is 9.52. The summed E-state index contributed by atoms with van der Waals surface area (Å²) in [5, 5.41) is 5.09. The fourth-order valence-corrected chi connectivity index (χ4v) is 9.98. The van der Waals surface area contributed by atoms with Crippen LogP contribution in [0.1, 0.15) is 16.7 Å². The molecular weight excluding hydrogens is 912 g/mol. The molecule has 0 spiro atoms. The third-order valence-corrected chi connectivity index (χ3v) is 13.1. The quantitative estimate of drug-likeness (QED) is 0.152. The third-order valence-electron chi connectivity index (χ3n) is 13.1. The number of fused-ring (bicyclic) bond motifs is 9. The Morgan fingerprint density at radius 2 is 0.500 bits per heavy atom. The van der Waals surface area contributed by atoms with Crippen LogP contribution in [0, 0.1) is 0 Å². The van der Waals surface area contributed by atoms with Gasteiger partial charge >= 0.3 is 18.5 Å². The van der Waals surface area contributed by atoms with E-state index in [0.717, 1.165) is 119 Å². The molecule has 4 nitrogen and oxygen atoms in total. The molecule has 0 bridgehead atoms. The zero-order valence-corrected chi connectivity index (χ0v) is 36.2. The minimum Gasteiger partial charge on any atom is -0.310 e. The highest BCUT2D eigenvalue weighted by Crippen LogP contribution is 2.45. The van der Waals surface area contributed by atoms with Crippen LogP contribution >= 0.6 is 0 Å². The van der Waals surface area contributed by atoms with Gasteiger partial charge in [-0.1, -0.05) is 54.6 Å². The number of alkyl halides is 9. The lowest BCUT2D eigenvalue weighted by Gasteiger charge is -2.26. The summed E-state index contributed by atoms with van der Waals surface area (Å²) >= 11 is 0. The largest absolute Gasteiger partial charge is 0.416 e. The first-order valence-corrected chi connectivity index (χ1v) is 22.0. The van der Waals surface area contributed by atoms with Crippen LogP contribution < -0.4 is 4.90 Å². The molecule has 0 aliphatic rings. The predicted molar refractivity (Wildman–Crippen MR) is 259 cm³/mol. The summed E-state index contributed by atoms with van der Waals surface area (Å²) in [5.74, 6) is 0. The van der Waals surface area contributed by atoms with Crippen molar-refractivity contribution in [3.8, 4) is 17.1 Å². The molecule has 12 rings (SSSR count). The van der Waals surface area contributed by atoms with Crippen molar-refractivity contribution in [2.24, 2.45) is 0 Å². The molecule has 3 heterocycles. The van der Waals surface area contributed by atoms with Gasteiger partial charge in [-0.05, 0) is 146 Å². The standard InChI is InChI=1S/C57H33F9N4/c58-55(59,60)34-13-19-37(20-14-34)68-49-10-4-1-7-43(49)46-31-40(25-28-52(46)68)67(41-26-29-53-47(32-41)44-8-2-5-11-50(44)69(53)38-21-15-35(16-22-38)56(61,62)63)42-27-30-54-48(33-42)45-9-3-6-12-51(45)70(54)39-23-17-36(18-24-39)57(64,65)66/h1-33H. The Morgan fingerprint density at radius 3 is 0.757 bits per heavy atom. The van der Waals surface area contributed by atoms with Gasteiger partial charge in [0.05, 0.1) is 49.8 Å². The number of hydrogen-bond acceptors (Lipinski definition) is 1. The number of rotatable bonds is 6. The van der Waals surface area contributed by atoms with Gasteiger partial charge in [0.25, 0.3) is 0 Å². The van der Waals surface area contributed by atoms with Crippen molar-refractivity contribution in [2.75, 3.05) is 4.90 Å². The van der Waals surface area contributed by atoms with E-state index >= 15 is 0 Å². The lowest BCUT2D eigenvalue weighted by Crippen LogP contribution is -2.10. The molecule has 0 saturated heterocycles. The van der Waals surface area contributed by atoms with Gasteiger partial charge in [0, 0.05) is 66.4 Å². The van der Waals surface area contributed by atoms with Gasteiger partial charge in [0.15, 0.2) is 0 Å². The van der Waals surface area contributed by atoms with E-state index < -0.39 is 35.2 Å². The van der Waals surface area contributed by atoms with Crippen LogP contribution in [0.25, 0.3) is 82.5 Å². The Labute approximate surface area is 391 Å². The van der Waals surface area contributed by atoms with Gasteiger partial charge in [-0.3, -0.25) is 0 Å². The summed E-state index contributed by atoms with van der Waals surface area (Å²) in [4.78, 5) is 2.09. The summed E-state index contributed by atoms with van der Waals surface area (Å²) in [6, 6.07) is 56.0. The second-order valence-corrected chi connectivity index (χ2v) is 17.1. The van der Waals surface area contributed by atoms with Gasteiger partial charge in [-0.15, -0.1) is 0 Å². The number of halogens is 9. The average Bonchev–Trinajstić information content (AvgIpc) is 3.99. The number of para-hydroxylation sites is 3. The van der Waals surface area contributed by atoms with E-state index in [2.05, 4.69) is 4.90 Å². The number of aromatic nitrogens is 3. The first-order chi connectivity index (χ1) is 33.6. The maximum atomic E-state index is 13.7. The van der Waals surface area contributed by atoms with E-state index in [1.54, 1.807) is 0 Å². The molecule has 3 aromatic heterocycles. The lowest BCUT2D eigenvalue weighted by atomic mass is 10.1. The van der Waals surface area contributed by atoms with Gasteiger partial charge in [-0.2, -0.15) is 39.5 Å². The molecule has 0 N–H and O–H groups in total. The molecule has 12 aromatic rings. The highest BCUT2D eigenvalue weighted by atomic mass is 19.4. The minimum atomic E-state index is -4.50. The molecule has 0 aliphatic heterocycles. The highest BCUT2D eigenvalue weighted by molar-refractivity contribution is 6.14. The maximum absolute atomic E-state index is 13.7. The van der Waals surface area contributed by atoms with Crippen molar-refractivity contribution in [1.29, 1.82) is 0 Å². The van der Waals surface area contributed by atoms with Crippen LogP contribution in [0.2, 0.25) is 0 Å². The summed E-state index contributed by atoms with van der Waals surface area (Å²) in [6.45, 7) is 0. The lowest BCUT2D eigenvalue weighted by molar-refractivity contribution is -0.138. The number of hydrogen-bond donors (Lipinski definition) is 0. The Balaban J connectivity index is 1.08. The fourth-order valence-electron chi connectivity index (χ4n) is 9.98. The second kappa shape index (κ2) is 15.5. The molecule has 0 saturated carbocycles. The van der Waals surface area contributed by atoms with E-state index in [0.29, 0.717) is 17.1 Å². The SMILES string of the molecule is FC(F)(F)c1ccc(-n2c3ccccc3c3cc(N(c4ccc5c(c4)c4ccccc4n5-c4ccc(C(F)(F)F)cc4)c4ccc5c(c4)c4ccccc4n5-c4ccc(C(F)(F)F)cc4)ccc32)cc1. The topological polar surface area (TPSA) is 18.0 Å². The molecule has 0 aliphatic carbocycles. The van der Waals surface area contributed by atoms with Gasteiger partial charge in [0.1, 0.15) is 0 Å². The molecule has 9 aromatic carbocycles. The van der Waals surface area contributed by atoms with E-state index in [1.807, 2.05) is 141 Å². The van der Waals surface area contributed by atoms with Crippen molar-refractivity contribution < 1.29 is 39.5 Å². The third kappa shape index (κ3) is 6.94. The van der Waals surface area contributed by atoms with Crippen molar-refractivity contribution in [3.63, 3.8) is 0 Å². The summed E-state index contributed by atoms with van der Waals surface area (Å²) in [6.07, 6.45) is -13.5. The number of benzene rings is 9. The van der Waals surface area contributed by atoms with Gasteiger partial charge in [-0.25, -0.2) is 0 Å². The Bertz CT molecular complexity index is 3590. The van der Waals surface area contributed by atoms with Gasteiger partial charge < -0.3 is 18.6 Å². The Morgan fingerprint density at radius 1 is 0.257 bits per heavy atom. The maximum Gasteiger partial charge on any atom is 0.416 e. The smallest absolute Gasteiger partial charge is 0.310 e. The van der Waals surface area contributed by atoms with E-state index in [9.17, 15) is 39.5 Å². The molecule has 0 fully saturated rings. The molecule has 0 unspecified atom stereocenters. The molecular formula is C57H33F9N4. The van der Waals surface area contributed by atoms with E-state index in [-0.39, 0.29) is 0 Å². The van der Waals surface area contributed by atoms with Crippen molar-refractivity contribution in [1.82, 2.24) is 13.7 Å². The van der Waals surface area contributed by atoms with Crippen molar-refractivity contribution >= 4 is 82.5 Å². The highest BCUT2D eigenvalue weighted by Gasteiger charge is 2.32. The monoisotopic (exact) mass is 944 g/mol. The summed E-state index contributed by atoms with van der Waals surface area (Å²) in [5.41, 5.74) is 6.23. The summed E-state index contributed by atoms with van der Waals surface area (Å²) < 4.78 is 129. The van der Waals surface area contributed by atoms with Crippen LogP contribution in [0.5, 0.6) is 0 Å². The molecule has 13 heteroatoms. The fraction of sp³-hybridized carbons (Fsp3) is 0.0526. The van der Waals surface area contributed by atoms with Crippen molar-refractivity contribution in [2.45, 2.75) is 18.5 Å². The summed E-state index contributed by atoms with van der Waals surface area (Å²) in [7, 11) is 0. The van der Waals surface area contributed by atoms with Crippen LogP contribution in [0.4, 0.5) is 56.6 Å². The van der Waals surface area contributed by atoms with Gasteiger partial charge in [0.2, 0.25) is 0 Å². The van der Waals surface area contributed by atoms with Crippen LogP contribution in [-0.4, -0.2) is 13.7 Å². The molecule has 70 heavy (non-hydrogen) atoms. The normalized spacial score (nSPS) is 12.6. The molecule has 0 radical (unpaired) electrons. The number of nitrogens with zero attached hydrogens (tertiary/aromatic N) is 4. The average molecular weight is 945 g/mol. The first kappa shape index (κ1) is 42.9. The molecule has 344 valence electrons.